The van der Waals surface area contributed by atoms with Gasteiger partial charge in [-0.3, -0.25) is 0 Å². The lowest BCUT2D eigenvalue weighted by Gasteiger charge is -2.15. The third-order valence-corrected chi connectivity index (χ3v) is 3.02. The van der Waals surface area contributed by atoms with Gasteiger partial charge in [-0.2, -0.15) is 0 Å². The average Bonchev–Trinajstić information content (AvgIpc) is 2.30. The van der Waals surface area contributed by atoms with E-state index in [2.05, 4.69) is 0 Å². The number of aryl methyl sites for hydroxylation is 1. The predicted molar refractivity (Wildman–Crippen MR) is 66.7 cm³/mol. The van der Waals surface area contributed by atoms with Gasteiger partial charge in [0.15, 0.2) is 0 Å². The van der Waals surface area contributed by atoms with Gasteiger partial charge in [-0.05, 0) is 37.9 Å². The number of benzene rings is 1. The second-order valence-electron chi connectivity index (χ2n) is 3.60. The molecule has 0 aliphatic carbocycles. The molecule has 0 heterocycles. The molecule has 3 nitrogen and oxygen atoms in total. The van der Waals surface area contributed by atoms with Crippen molar-refractivity contribution in [3.05, 3.63) is 22.2 Å². The van der Waals surface area contributed by atoms with Crippen molar-refractivity contribution in [2.24, 2.45) is 5.73 Å². The fraction of sp³-hybridized carbons (Fsp3) is 0.500. The lowest BCUT2D eigenvalue weighted by molar-refractivity contribution is 0.396. The highest BCUT2D eigenvalue weighted by Gasteiger charge is 2.14. The summed E-state index contributed by atoms with van der Waals surface area (Å²) in [5, 5.41) is 0.619. The summed E-state index contributed by atoms with van der Waals surface area (Å²) in [6, 6.07) is 1.97. The first-order valence-electron chi connectivity index (χ1n) is 5.25. The van der Waals surface area contributed by atoms with Crippen LogP contribution in [-0.2, 0) is 6.42 Å². The molecule has 2 N–H and O–H groups in total. The van der Waals surface area contributed by atoms with E-state index in [1.807, 2.05) is 13.0 Å². The Morgan fingerprint density at radius 3 is 2.50 bits per heavy atom. The van der Waals surface area contributed by atoms with Crippen LogP contribution in [0.2, 0.25) is 5.02 Å². The minimum atomic E-state index is 0.619. The molecule has 1 rings (SSSR count). The smallest absolute Gasteiger partial charge is 0.141 e. The summed E-state index contributed by atoms with van der Waals surface area (Å²) in [5.41, 5.74) is 7.44. The van der Waals surface area contributed by atoms with Gasteiger partial charge in [0.2, 0.25) is 0 Å². The Labute approximate surface area is 101 Å². The summed E-state index contributed by atoms with van der Waals surface area (Å²) in [5.74, 6) is 1.52. The second kappa shape index (κ2) is 5.97. The van der Waals surface area contributed by atoms with Crippen molar-refractivity contribution >= 4 is 11.6 Å². The summed E-state index contributed by atoms with van der Waals surface area (Å²) >= 11 is 6.23. The number of nitrogens with two attached hydrogens (primary N) is 1. The van der Waals surface area contributed by atoms with E-state index in [1.165, 1.54) is 0 Å². The standard InChI is InChI=1S/C12H18ClNO2/c1-8-10(15-2)7-9(5-4-6-14)12(16-3)11(8)13/h7H,4-6,14H2,1-3H3. The molecular weight excluding hydrogens is 226 g/mol. The van der Waals surface area contributed by atoms with Crippen LogP contribution in [0.5, 0.6) is 11.5 Å². The fourth-order valence-electron chi connectivity index (χ4n) is 1.66. The van der Waals surface area contributed by atoms with Crippen molar-refractivity contribution in [2.45, 2.75) is 19.8 Å². The molecule has 0 aliphatic heterocycles. The van der Waals surface area contributed by atoms with E-state index in [0.29, 0.717) is 11.6 Å². The molecule has 1 aromatic rings. The van der Waals surface area contributed by atoms with Gasteiger partial charge < -0.3 is 15.2 Å². The topological polar surface area (TPSA) is 44.5 Å². The first-order chi connectivity index (χ1) is 7.65. The molecule has 0 saturated carbocycles. The Balaban J connectivity index is 3.18. The highest BCUT2D eigenvalue weighted by Crippen LogP contribution is 2.38. The van der Waals surface area contributed by atoms with Crippen LogP contribution in [0.25, 0.3) is 0 Å². The predicted octanol–water partition coefficient (Wildman–Crippen LogP) is 2.56. The average molecular weight is 244 g/mol. The molecule has 0 saturated heterocycles. The molecule has 0 aromatic heterocycles. The highest BCUT2D eigenvalue weighted by atomic mass is 35.5. The third kappa shape index (κ3) is 2.60. The molecule has 0 amide bonds. The maximum absolute atomic E-state index is 6.23. The number of methoxy groups -OCH3 is 2. The zero-order chi connectivity index (χ0) is 12.1. The van der Waals surface area contributed by atoms with E-state index in [1.54, 1.807) is 14.2 Å². The van der Waals surface area contributed by atoms with Crippen LogP contribution >= 0.6 is 11.6 Å². The molecule has 0 spiro atoms. The van der Waals surface area contributed by atoms with Crippen molar-refractivity contribution in [3.63, 3.8) is 0 Å². The van der Waals surface area contributed by atoms with E-state index in [0.717, 1.165) is 35.5 Å². The van der Waals surface area contributed by atoms with Crippen molar-refractivity contribution in [3.8, 4) is 11.5 Å². The second-order valence-corrected chi connectivity index (χ2v) is 3.98. The van der Waals surface area contributed by atoms with Crippen molar-refractivity contribution in [2.75, 3.05) is 20.8 Å². The maximum Gasteiger partial charge on any atom is 0.141 e. The van der Waals surface area contributed by atoms with Crippen molar-refractivity contribution in [1.29, 1.82) is 0 Å². The first kappa shape index (κ1) is 13.1. The van der Waals surface area contributed by atoms with Gasteiger partial charge in [-0.15, -0.1) is 0 Å². The summed E-state index contributed by atoms with van der Waals surface area (Å²) in [6.45, 7) is 2.56. The van der Waals surface area contributed by atoms with Crippen LogP contribution in [0, 0.1) is 6.92 Å². The third-order valence-electron chi connectivity index (χ3n) is 2.57. The van der Waals surface area contributed by atoms with Gasteiger partial charge in [-0.25, -0.2) is 0 Å². The van der Waals surface area contributed by atoms with Gasteiger partial charge in [-0.1, -0.05) is 11.6 Å². The van der Waals surface area contributed by atoms with Crippen molar-refractivity contribution < 1.29 is 9.47 Å². The molecule has 0 aliphatic rings. The molecular formula is C12H18ClNO2. The van der Waals surface area contributed by atoms with Crippen LogP contribution in [-0.4, -0.2) is 20.8 Å². The van der Waals surface area contributed by atoms with Gasteiger partial charge in [0.25, 0.3) is 0 Å². The van der Waals surface area contributed by atoms with E-state index in [4.69, 9.17) is 26.8 Å². The van der Waals surface area contributed by atoms with Gasteiger partial charge in [0, 0.05) is 5.56 Å². The Bertz CT molecular complexity index is 367. The maximum atomic E-state index is 6.23. The molecule has 0 radical (unpaired) electrons. The van der Waals surface area contributed by atoms with E-state index in [9.17, 15) is 0 Å². The lowest BCUT2D eigenvalue weighted by Crippen LogP contribution is -2.03. The fourth-order valence-corrected chi connectivity index (χ4v) is 1.95. The van der Waals surface area contributed by atoms with E-state index in [-0.39, 0.29) is 0 Å². The molecule has 90 valence electrons. The normalized spacial score (nSPS) is 10.3. The van der Waals surface area contributed by atoms with Crippen LogP contribution in [0.1, 0.15) is 17.5 Å². The largest absolute Gasteiger partial charge is 0.496 e. The molecule has 4 heteroatoms. The van der Waals surface area contributed by atoms with Crippen LogP contribution in [0.3, 0.4) is 0 Å². The molecule has 0 unspecified atom stereocenters. The van der Waals surface area contributed by atoms with Gasteiger partial charge in [0.05, 0.1) is 19.2 Å². The minimum absolute atomic E-state index is 0.619. The Hall–Kier alpha value is -0.930. The monoisotopic (exact) mass is 243 g/mol. The lowest BCUT2D eigenvalue weighted by atomic mass is 10.0. The van der Waals surface area contributed by atoms with Crippen LogP contribution < -0.4 is 15.2 Å². The number of ether oxygens (including phenoxy) is 2. The summed E-state index contributed by atoms with van der Waals surface area (Å²) < 4.78 is 10.6. The molecule has 1 aromatic carbocycles. The number of rotatable bonds is 5. The Morgan fingerprint density at radius 2 is 2.00 bits per heavy atom. The number of hydrogen-bond acceptors (Lipinski definition) is 3. The van der Waals surface area contributed by atoms with Gasteiger partial charge >= 0.3 is 0 Å². The van der Waals surface area contributed by atoms with Gasteiger partial charge in [0.1, 0.15) is 11.5 Å². The number of halogens is 1. The van der Waals surface area contributed by atoms with E-state index < -0.39 is 0 Å². The Morgan fingerprint density at radius 1 is 1.31 bits per heavy atom. The summed E-state index contributed by atoms with van der Waals surface area (Å²) in [7, 11) is 3.26. The molecule has 0 atom stereocenters. The molecule has 0 fully saturated rings. The highest BCUT2D eigenvalue weighted by molar-refractivity contribution is 6.33. The zero-order valence-corrected chi connectivity index (χ0v) is 10.7. The zero-order valence-electron chi connectivity index (χ0n) is 9.97. The quantitative estimate of drug-likeness (QED) is 0.865. The SMILES string of the molecule is COc1cc(CCCN)c(OC)c(Cl)c1C. The van der Waals surface area contributed by atoms with Crippen LogP contribution in [0.4, 0.5) is 0 Å². The first-order valence-corrected chi connectivity index (χ1v) is 5.63. The molecule has 0 bridgehead atoms. The number of hydrogen-bond donors (Lipinski definition) is 1. The summed E-state index contributed by atoms with van der Waals surface area (Å²) in [4.78, 5) is 0. The van der Waals surface area contributed by atoms with Crippen molar-refractivity contribution in [1.82, 2.24) is 0 Å². The van der Waals surface area contributed by atoms with Crippen LogP contribution in [0.15, 0.2) is 6.07 Å². The summed E-state index contributed by atoms with van der Waals surface area (Å²) in [6.07, 6.45) is 1.74. The van der Waals surface area contributed by atoms with E-state index >= 15 is 0 Å². The molecule has 16 heavy (non-hydrogen) atoms. The Kier molecular flexibility index (Phi) is 4.90. The minimum Gasteiger partial charge on any atom is -0.496 e.